The van der Waals surface area contributed by atoms with E-state index in [1.165, 1.54) is 11.1 Å². The highest BCUT2D eigenvalue weighted by atomic mass is 35.5. The van der Waals surface area contributed by atoms with Crippen LogP contribution < -0.4 is 16.0 Å². The summed E-state index contributed by atoms with van der Waals surface area (Å²) in [5, 5.41) is 14.5. The average molecular weight is 458 g/mol. The molecule has 3 aromatic rings. The Morgan fingerprint density at radius 2 is 2.03 bits per heavy atom. The molecule has 4 rings (SSSR count). The van der Waals surface area contributed by atoms with Crippen LogP contribution >= 0.6 is 23.2 Å². The average Bonchev–Trinajstić information content (AvgIpc) is 3.17. The first-order valence-corrected chi connectivity index (χ1v) is 11.2. The molecule has 1 aliphatic heterocycles. The second kappa shape index (κ2) is 9.73. The largest absolute Gasteiger partial charge is 0.324 e. The van der Waals surface area contributed by atoms with Crippen LogP contribution in [-0.2, 0) is 19.4 Å². The van der Waals surface area contributed by atoms with Gasteiger partial charge in [-0.2, -0.15) is 5.10 Å². The molecule has 1 aliphatic rings. The fourth-order valence-corrected chi connectivity index (χ4v) is 4.01. The standard InChI is InChI=1S/C23H25Cl2N5O/c1-2-3-5-17-13-21(28-23(31)27-20-7-4-6-19(24)22(20)25)30(29-17)18-9-8-16-14-26-11-10-15(16)12-18/h4,6-9,12-13,26H,2-3,5,10-11,14H2,1H3,(H2,27,28,31). The summed E-state index contributed by atoms with van der Waals surface area (Å²) in [6.07, 6.45) is 3.95. The van der Waals surface area contributed by atoms with E-state index in [0.717, 1.165) is 50.2 Å². The molecule has 1 aromatic heterocycles. The number of carbonyl (C=O) groups excluding carboxylic acids is 1. The molecule has 2 aromatic carbocycles. The first kappa shape index (κ1) is 21.7. The van der Waals surface area contributed by atoms with Gasteiger partial charge < -0.3 is 10.6 Å². The van der Waals surface area contributed by atoms with Crippen LogP contribution in [0, 0.1) is 0 Å². The van der Waals surface area contributed by atoms with Gasteiger partial charge in [0.1, 0.15) is 5.82 Å². The van der Waals surface area contributed by atoms with Crippen LogP contribution in [-0.4, -0.2) is 22.4 Å². The number of aryl methyl sites for hydroxylation is 1. The van der Waals surface area contributed by atoms with E-state index in [1.54, 1.807) is 22.9 Å². The van der Waals surface area contributed by atoms with Gasteiger partial charge in [-0.15, -0.1) is 0 Å². The SMILES string of the molecule is CCCCc1cc(NC(=O)Nc2cccc(Cl)c2Cl)n(-c2ccc3c(c2)CCNC3)n1. The van der Waals surface area contributed by atoms with Crippen LogP contribution in [0.25, 0.3) is 5.69 Å². The molecule has 8 heteroatoms. The van der Waals surface area contributed by atoms with Crippen LogP contribution in [0.4, 0.5) is 16.3 Å². The minimum Gasteiger partial charge on any atom is -0.312 e. The number of halogens is 2. The Bertz CT molecular complexity index is 1100. The second-order valence-electron chi connectivity index (χ2n) is 7.60. The molecule has 2 heterocycles. The summed E-state index contributed by atoms with van der Waals surface area (Å²) in [4.78, 5) is 12.7. The highest BCUT2D eigenvalue weighted by Crippen LogP contribution is 2.30. The number of unbranched alkanes of at least 4 members (excludes halogenated alkanes) is 1. The molecule has 31 heavy (non-hydrogen) atoms. The Hall–Kier alpha value is -2.54. The van der Waals surface area contributed by atoms with Crippen molar-refractivity contribution >= 4 is 40.7 Å². The first-order chi connectivity index (χ1) is 15.0. The fourth-order valence-electron chi connectivity index (χ4n) is 3.66. The van der Waals surface area contributed by atoms with Crippen LogP contribution in [0.1, 0.15) is 36.6 Å². The Balaban J connectivity index is 1.61. The molecule has 162 valence electrons. The van der Waals surface area contributed by atoms with Gasteiger partial charge in [-0.05, 0) is 61.2 Å². The third-order valence-electron chi connectivity index (χ3n) is 5.31. The molecule has 0 unspecified atom stereocenters. The van der Waals surface area contributed by atoms with E-state index in [9.17, 15) is 4.79 Å². The fraction of sp³-hybridized carbons (Fsp3) is 0.304. The van der Waals surface area contributed by atoms with Gasteiger partial charge in [0.15, 0.2) is 0 Å². The predicted molar refractivity (Wildman–Crippen MR) is 127 cm³/mol. The van der Waals surface area contributed by atoms with E-state index in [2.05, 4.69) is 35.0 Å². The van der Waals surface area contributed by atoms with Crippen LogP contribution in [0.3, 0.4) is 0 Å². The first-order valence-electron chi connectivity index (χ1n) is 10.5. The number of rotatable bonds is 6. The number of anilines is 2. The number of carbonyl (C=O) groups is 1. The summed E-state index contributed by atoms with van der Waals surface area (Å²) in [6.45, 7) is 3.99. The summed E-state index contributed by atoms with van der Waals surface area (Å²) in [7, 11) is 0. The van der Waals surface area contributed by atoms with E-state index < -0.39 is 6.03 Å². The van der Waals surface area contributed by atoms with E-state index >= 15 is 0 Å². The quantitative estimate of drug-likeness (QED) is 0.437. The number of urea groups is 1. The third-order valence-corrected chi connectivity index (χ3v) is 6.13. The zero-order valence-electron chi connectivity index (χ0n) is 17.3. The normalized spacial score (nSPS) is 13.0. The summed E-state index contributed by atoms with van der Waals surface area (Å²) in [6, 6.07) is 13.0. The van der Waals surface area contributed by atoms with E-state index in [0.29, 0.717) is 21.6 Å². The summed E-state index contributed by atoms with van der Waals surface area (Å²) >= 11 is 12.2. The second-order valence-corrected chi connectivity index (χ2v) is 8.38. The van der Waals surface area contributed by atoms with Crippen molar-refractivity contribution in [1.82, 2.24) is 15.1 Å². The van der Waals surface area contributed by atoms with E-state index in [4.69, 9.17) is 28.3 Å². The third kappa shape index (κ3) is 5.03. The lowest BCUT2D eigenvalue weighted by atomic mass is 10.0. The summed E-state index contributed by atoms with van der Waals surface area (Å²) < 4.78 is 1.80. The molecule has 3 N–H and O–H groups in total. The van der Waals surface area contributed by atoms with Crippen molar-refractivity contribution in [2.75, 3.05) is 17.2 Å². The van der Waals surface area contributed by atoms with Crippen LogP contribution in [0.15, 0.2) is 42.5 Å². The number of hydrogen-bond acceptors (Lipinski definition) is 3. The van der Waals surface area contributed by atoms with Gasteiger partial charge in [-0.1, -0.05) is 48.7 Å². The maximum absolute atomic E-state index is 12.7. The summed E-state index contributed by atoms with van der Waals surface area (Å²) in [5.74, 6) is 0.607. The summed E-state index contributed by atoms with van der Waals surface area (Å²) in [5.41, 5.74) is 4.93. The van der Waals surface area contributed by atoms with Crippen molar-refractivity contribution in [1.29, 1.82) is 0 Å². The highest BCUT2D eigenvalue weighted by molar-refractivity contribution is 6.44. The maximum Gasteiger partial charge on any atom is 0.324 e. The molecule has 0 fully saturated rings. The van der Waals surface area contributed by atoms with Gasteiger partial charge in [0.05, 0.1) is 27.1 Å². The Labute approximate surface area is 191 Å². The Morgan fingerprint density at radius 3 is 2.87 bits per heavy atom. The lowest BCUT2D eigenvalue weighted by molar-refractivity contribution is 0.262. The van der Waals surface area contributed by atoms with Crippen molar-refractivity contribution in [2.24, 2.45) is 0 Å². The molecule has 0 aliphatic carbocycles. The minimum atomic E-state index is -0.408. The Morgan fingerprint density at radius 1 is 1.16 bits per heavy atom. The predicted octanol–water partition coefficient (Wildman–Crippen LogP) is 5.81. The molecule has 0 saturated heterocycles. The van der Waals surface area contributed by atoms with Gasteiger partial charge in [0.25, 0.3) is 0 Å². The molecule has 0 spiro atoms. The molecular formula is C23H25Cl2N5O. The van der Waals surface area contributed by atoms with Crippen molar-refractivity contribution in [3.05, 3.63) is 69.3 Å². The lowest BCUT2D eigenvalue weighted by Gasteiger charge is -2.18. The van der Waals surface area contributed by atoms with Crippen molar-refractivity contribution in [3.63, 3.8) is 0 Å². The monoisotopic (exact) mass is 457 g/mol. The van der Waals surface area contributed by atoms with Crippen molar-refractivity contribution in [2.45, 2.75) is 39.2 Å². The smallest absolute Gasteiger partial charge is 0.312 e. The number of aromatic nitrogens is 2. The highest BCUT2D eigenvalue weighted by Gasteiger charge is 2.16. The van der Waals surface area contributed by atoms with Gasteiger partial charge >= 0.3 is 6.03 Å². The lowest BCUT2D eigenvalue weighted by Crippen LogP contribution is -2.24. The molecule has 6 nitrogen and oxygen atoms in total. The molecule has 0 bridgehead atoms. The zero-order valence-corrected chi connectivity index (χ0v) is 18.9. The number of hydrogen-bond donors (Lipinski definition) is 3. The van der Waals surface area contributed by atoms with Gasteiger partial charge in [-0.3, -0.25) is 5.32 Å². The molecule has 2 amide bonds. The maximum atomic E-state index is 12.7. The number of amides is 2. The number of fused-ring (bicyclic) bond motifs is 1. The number of benzene rings is 2. The topological polar surface area (TPSA) is 71.0 Å². The van der Waals surface area contributed by atoms with Crippen LogP contribution in [0.5, 0.6) is 0 Å². The number of nitrogens with one attached hydrogen (secondary N) is 3. The number of nitrogens with zero attached hydrogens (tertiary/aromatic N) is 2. The van der Waals surface area contributed by atoms with Gasteiger partial charge in [-0.25, -0.2) is 9.48 Å². The van der Waals surface area contributed by atoms with Gasteiger partial charge in [0, 0.05) is 12.6 Å². The minimum absolute atomic E-state index is 0.305. The molecule has 0 radical (unpaired) electrons. The molecule has 0 atom stereocenters. The molecule has 0 saturated carbocycles. The van der Waals surface area contributed by atoms with E-state index in [1.807, 2.05) is 12.1 Å². The van der Waals surface area contributed by atoms with E-state index in [-0.39, 0.29) is 0 Å². The van der Waals surface area contributed by atoms with Crippen LogP contribution in [0.2, 0.25) is 10.0 Å². The van der Waals surface area contributed by atoms with Gasteiger partial charge in [0.2, 0.25) is 0 Å². The van der Waals surface area contributed by atoms with Crippen molar-refractivity contribution < 1.29 is 4.79 Å². The van der Waals surface area contributed by atoms with Crippen molar-refractivity contribution in [3.8, 4) is 5.69 Å². The Kier molecular flexibility index (Phi) is 6.80. The zero-order chi connectivity index (χ0) is 21.8. The molecular weight excluding hydrogens is 433 g/mol.